The fraction of sp³-hybridized carbons (Fsp3) is 0.385. The van der Waals surface area contributed by atoms with Gasteiger partial charge in [-0.2, -0.15) is 0 Å². The van der Waals surface area contributed by atoms with Crippen molar-refractivity contribution < 1.29 is 14.7 Å². The molecule has 0 aliphatic rings. The van der Waals surface area contributed by atoms with Crippen LogP contribution in [-0.2, 0) is 4.79 Å². The van der Waals surface area contributed by atoms with E-state index in [9.17, 15) is 9.59 Å². The van der Waals surface area contributed by atoms with Crippen molar-refractivity contribution in [2.75, 3.05) is 11.1 Å². The maximum Gasteiger partial charge on any atom is 0.335 e. The summed E-state index contributed by atoms with van der Waals surface area (Å²) in [5.41, 5.74) is 6.70. The highest BCUT2D eigenvalue weighted by Crippen LogP contribution is 2.20. The largest absolute Gasteiger partial charge is 0.478 e. The van der Waals surface area contributed by atoms with Crippen LogP contribution in [0.4, 0.5) is 11.4 Å². The highest BCUT2D eigenvalue weighted by atomic mass is 16.4. The third kappa shape index (κ3) is 4.17. The molecule has 0 fully saturated rings. The van der Waals surface area contributed by atoms with Crippen LogP contribution in [0.5, 0.6) is 0 Å². The Morgan fingerprint density at radius 2 is 1.89 bits per heavy atom. The van der Waals surface area contributed by atoms with Gasteiger partial charge in [0.2, 0.25) is 5.91 Å². The lowest BCUT2D eigenvalue weighted by atomic mass is 10.1. The van der Waals surface area contributed by atoms with Crippen molar-refractivity contribution in [3.63, 3.8) is 0 Å². The molecule has 0 aromatic heterocycles. The summed E-state index contributed by atoms with van der Waals surface area (Å²) >= 11 is 0. The Bertz CT molecular complexity index is 486. The zero-order chi connectivity index (χ0) is 14.6. The minimum atomic E-state index is -1.04. The van der Waals surface area contributed by atoms with E-state index < -0.39 is 12.0 Å². The summed E-state index contributed by atoms with van der Waals surface area (Å²) in [7, 11) is 0. The van der Waals surface area contributed by atoms with Gasteiger partial charge in [0.15, 0.2) is 0 Å². The summed E-state index contributed by atoms with van der Waals surface area (Å²) in [6.07, 6.45) is 0. The van der Waals surface area contributed by atoms with E-state index in [4.69, 9.17) is 10.8 Å². The van der Waals surface area contributed by atoms with Crippen molar-refractivity contribution in [1.29, 1.82) is 0 Å². The van der Waals surface area contributed by atoms with Crippen LogP contribution in [0.2, 0.25) is 0 Å². The summed E-state index contributed by atoms with van der Waals surface area (Å²) in [5.74, 6) is -1.18. The molecule has 1 aromatic carbocycles. The van der Waals surface area contributed by atoms with Gasteiger partial charge in [-0.15, -0.1) is 0 Å². The molecule has 0 aliphatic heterocycles. The number of carboxylic acids is 1. The first-order chi connectivity index (χ1) is 8.81. The van der Waals surface area contributed by atoms with E-state index in [1.54, 1.807) is 13.0 Å². The molecule has 0 heterocycles. The smallest absolute Gasteiger partial charge is 0.335 e. The van der Waals surface area contributed by atoms with E-state index in [0.717, 1.165) is 0 Å². The molecule has 19 heavy (non-hydrogen) atoms. The number of amides is 1. The van der Waals surface area contributed by atoms with Crippen molar-refractivity contribution >= 4 is 23.3 Å². The van der Waals surface area contributed by atoms with Gasteiger partial charge in [-0.25, -0.2) is 4.79 Å². The van der Waals surface area contributed by atoms with E-state index >= 15 is 0 Å². The Kier molecular flexibility index (Phi) is 4.74. The quantitative estimate of drug-likeness (QED) is 0.600. The Balaban J connectivity index is 2.77. The molecule has 0 saturated carbocycles. The molecule has 6 nitrogen and oxygen atoms in total. The van der Waals surface area contributed by atoms with E-state index in [2.05, 4.69) is 10.6 Å². The third-order valence-electron chi connectivity index (χ3n) is 2.49. The van der Waals surface area contributed by atoms with Crippen molar-refractivity contribution in [3.8, 4) is 0 Å². The number of hydrogen-bond acceptors (Lipinski definition) is 4. The Morgan fingerprint density at radius 3 is 2.37 bits per heavy atom. The molecule has 0 spiro atoms. The van der Waals surface area contributed by atoms with Gasteiger partial charge < -0.3 is 21.5 Å². The maximum absolute atomic E-state index is 11.7. The summed E-state index contributed by atoms with van der Waals surface area (Å²) < 4.78 is 0. The molecule has 1 rings (SSSR count). The van der Waals surface area contributed by atoms with Gasteiger partial charge in [0, 0.05) is 6.04 Å². The number of carbonyl (C=O) groups is 2. The normalized spacial score (nSPS) is 12.0. The van der Waals surface area contributed by atoms with Crippen molar-refractivity contribution in [1.82, 2.24) is 5.32 Å². The summed E-state index contributed by atoms with van der Waals surface area (Å²) in [4.78, 5) is 22.5. The fourth-order valence-corrected chi connectivity index (χ4v) is 1.54. The molecular weight excluding hydrogens is 246 g/mol. The van der Waals surface area contributed by atoms with Crippen molar-refractivity contribution in [2.24, 2.45) is 0 Å². The first-order valence-corrected chi connectivity index (χ1v) is 6.01. The molecule has 0 aliphatic carbocycles. The van der Waals surface area contributed by atoms with Gasteiger partial charge in [0.25, 0.3) is 0 Å². The van der Waals surface area contributed by atoms with Gasteiger partial charge in [0.1, 0.15) is 6.04 Å². The number of hydrogen-bond donors (Lipinski definition) is 4. The average Bonchev–Trinajstić information content (AvgIpc) is 2.30. The van der Waals surface area contributed by atoms with Crippen LogP contribution in [0.1, 0.15) is 31.1 Å². The summed E-state index contributed by atoms with van der Waals surface area (Å²) in [6.45, 7) is 5.46. The van der Waals surface area contributed by atoms with Crippen LogP contribution in [0, 0.1) is 0 Å². The first-order valence-electron chi connectivity index (χ1n) is 6.01. The van der Waals surface area contributed by atoms with E-state index in [1.165, 1.54) is 12.1 Å². The number of nitrogens with two attached hydrogens (primary N) is 1. The van der Waals surface area contributed by atoms with Crippen LogP contribution in [-0.4, -0.2) is 29.1 Å². The SMILES string of the molecule is CC(C)NC(=O)C(C)Nc1ccc(C(=O)O)cc1N. The summed E-state index contributed by atoms with van der Waals surface area (Å²) in [5, 5.41) is 14.6. The highest BCUT2D eigenvalue weighted by Gasteiger charge is 2.15. The fourth-order valence-electron chi connectivity index (χ4n) is 1.54. The van der Waals surface area contributed by atoms with Gasteiger partial charge in [-0.05, 0) is 39.0 Å². The van der Waals surface area contributed by atoms with Gasteiger partial charge in [-0.3, -0.25) is 4.79 Å². The molecule has 1 amide bonds. The lowest BCUT2D eigenvalue weighted by molar-refractivity contribution is -0.122. The lowest BCUT2D eigenvalue weighted by Crippen LogP contribution is -2.41. The molecule has 1 atom stereocenters. The molecule has 0 saturated heterocycles. The van der Waals surface area contributed by atoms with Gasteiger partial charge >= 0.3 is 5.97 Å². The second-order valence-corrected chi connectivity index (χ2v) is 4.64. The maximum atomic E-state index is 11.7. The van der Waals surface area contributed by atoms with Crippen LogP contribution in [0.3, 0.4) is 0 Å². The number of carboxylic acid groups (broad SMARTS) is 1. The number of aromatic carboxylic acids is 1. The number of nitrogen functional groups attached to an aromatic ring is 1. The zero-order valence-electron chi connectivity index (χ0n) is 11.2. The molecule has 1 unspecified atom stereocenters. The molecule has 5 N–H and O–H groups in total. The first kappa shape index (κ1) is 14.8. The number of benzene rings is 1. The standard InChI is InChI=1S/C13H19N3O3/c1-7(2)15-12(17)8(3)16-11-5-4-9(13(18)19)6-10(11)14/h4-8,16H,14H2,1-3H3,(H,15,17)(H,18,19). The summed E-state index contributed by atoms with van der Waals surface area (Å²) in [6, 6.07) is 3.95. The van der Waals surface area contributed by atoms with Crippen LogP contribution >= 0.6 is 0 Å². The number of anilines is 2. The minimum absolute atomic E-state index is 0.0588. The molecule has 0 bridgehead atoms. The van der Waals surface area contributed by atoms with Crippen molar-refractivity contribution in [2.45, 2.75) is 32.9 Å². The monoisotopic (exact) mass is 265 g/mol. The van der Waals surface area contributed by atoms with Crippen LogP contribution < -0.4 is 16.4 Å². The Hall–Kier alpha value is -2.24. The predicted molar refractivity (Wildman–Crippen MR) is 74.2 cm³/mol. The molecule has 0 radical (unpaired) electrons. The zero-order valence-corrected chi connectivity index (χ0v) is 11.2. The molecule has 6 heteroatoms. The molecule has 104 valence electrons. The predicted octanol–water partition coefficient (Wildman–Crippen LogP) is 1.29. The van der Waals surface area contributed by atoms with E-state index in [0.29, 0.717) is 11.4 Å². The van der Waals surface area contributed by atoms with Gasteiger partial charge in [-0.1, -0.05) is 0 Å². The number of nitrogens with one attached hydrogen (secondary N) is 2. The van der Waals surface area contributed by atoms with E-state index in [1.807, 2.05) is 13.8 Å². The van der Waals surface area contributed by atoms with E-state index in [-0.39, 0.29) is 17.5 Å². The average molecular weight is 265 g/mol. The molecule has 1 aromatic rings. The topological polar surface area (TPSA) is 104 Å². The van der Waals surface area contributed by atoms with Crippen molar-refractivity contribution in [3.05, 3.63) is 23.8 Å². The van der Waals surface area contributed by atoms with Crippen LogP contribution in [0.25, 0.3) is 0 Å². The second kappa shape index (κ2) is 6.08. The number of carbonyl (C=O) groups excluding carboxylic acids is 1. The second-order valence-electron chi connectivity index (χ2n) is 4.64. The lowest BCUT2D eigenvalue weighted by Gasteiger charge is -2.18. The minimum Gasteiger partial charge on any atom is -0.478 e. The Morgan fingerprint density at radius 1 is 1.26 bits per heavy atom. The highest BCUT2D eigenvalue weighted by molar-refractivity contribution is 5.91. The number of rotatable bonds is 5. The molecular formula is C13H19N3O3. The van der Waals surface area contributed by atoms with Crippen LogP contribution in [0.15, 0.2) is 18.2 Å². The van der Waals surface area contributed by atoms with Gasteiger partial charge in [0.05, 0.1) is 16.9 Å². The third-order valence-corrected chi connectivity index (χ3v) is 2.49. The Labute approximate surface area is 112 Å².